The summed E-state index contributed by atoms with van der Waals surface area (Å²) in [6, 6.07) is -0.199. The summed E-state index contributed by atoms with van der Waals surface area (Å²) in [7, 11) is -3.85. The van der Waals surface area contributed by atoms with E-state index in [0.29, 0.717) is 0 Å². The minimum Gasteiger partial charge on any atom is -0.518 e. The van der Waals surface area contributed by atoms with Crippen molar-refractivity contribution in [2.75, 3.05) is 0 Å². The van der Waals surface area contributed by atoms with Gasteiger partial charge in [-0.15, -0.1) is 0 Å². The molecule has 0 amide bonds. The predicted molar refractivity (Wildman–Crippen MR) is 107 cm³/mol. The molecule has 0 aromatic carbocycles. The van der Waals surface area contributed by atoms with Crippen LogP contribution in [0.3, 0.4) is 0 Å². The van der Waals surface area contributed by atoms with Gasteiger partial charge in [-0.1, -0.05) is 74.9 Å². The van der Waals surface area contributed by atoms with Gasteiger partial charge in [-0.3, -0.25) is 4.79 Å². The Morgan fingerprint density at radius 1 is 1.00 bits per heavy atom. The molecule has 0 heterocycles. The summed E-state index contributed by atoms with van der Waals surface area (Å²) in [5, 5.41) is 0.232. The van der Waals surface area contributed by atoms with E-state index >= 15 is 0 Å². The largest absolute Gasteiger partial charge is 0.518 e. The van der Waals surface area contributed by atoms with Crippen molar-refractivity contribution >= 4 is 22.5 Å². The van der Waals surface area contributed by atoms with Crippen LogP contribution in [0.5, 0.6) is 0 Å². The molecule has 0 rings (SSSR count). The zero-order valence-corrected chi connectivity index (χ0v) is 19.7. The van der Waals surface area contributed by atoms with Crippen molar-refractivity contribution < 1.29 is 9.22 Å². The van der Waals surface area contributed by atoms with Crippen molar-refractivity contribution in [2.45, 2.75) is 104 Å². The Labute approximate surface area is 147 Å². The third-order valence-corrected chi connectivity index (χ3v) is 15.1. The monoisotopic (exact) mass is 359 g/mol. The molecule has 0 aliphatic carbocycles. The maximum absolute atomic E-state index is 13.0. The Balaban J connectivity index is 5.40. The Morgan fingerprint density at radius 3 is 1.74 bits per heavy atom. The van der Waals surface area contributed by atoms with Gasteiger partial charge < -0.3 is 9.41 Å². The molecule has 0 radical (unpaired) electrons. The van der Waals surface area contributed by atoms with Crippen molar-refractivity contribution in [1.29, 1.82) is 0 Å². The molecule has 3 nitrogen and oxygen atoms in total. The molecule has 0 fully saturated rings. The van der Waals surface area contributed by atoms with E-state index in [1.54, 1.807) is 0 Å². The smallest absolute Gasteiger partial charge is 0.309 e. The highest BCUT2D eigenvalue weighted by Gasteiger charge is 2.44. The van der Waals surface area contributed by atoms with E-state index in [4.69, 9.17) is 4.43 Å². The quantitative estimate of drug-likeness (QED) is 0.632. The summed E-state index contributed by atoms with van der Waals surface area (Å²) in [4.78, 5) is 16.7. The van der Waals surface area contributed by atoms with Gasteiger partial charge in [-0.2, -0.15) is 0 Å². The second-order valence-corrected chi connectivity index (χ2v) is 19.8. The second kappa shape index (κ2) is 7.40. The van der Waals surface area contributed by atoms with Crippen LogP contribution in [0.4, 0.5) is 0 Å². The van der Waals surface area contributed by atoms with Crippen LogP contribution >= 0.6 is 0 Å². The number of nitrogens with one attached hydrogen (secondary N) is 1. The first-order chi connectivity index (χ1) is 9.96. The van der Waals surface area contributed by atoms with Crippen LogP contribution in [-0.4, -0.2) is 28.6 Å². The predicted octanol–water partition coefficient (Wildman–Crippen LogP) is 5.54. The number of carbonyl (C=O) groups is 1. The van der Waals surface area contributed by atoms with Crippen LogP contribution in [0, 0.1) is 5.92 Å². The average molecular weight is 360 g/mol. The Bertz CT molecular complexity index is 406. The summed E-state index contributed by atoms with van der Waals surface area (Å²) in [5.41, 5.74) is 0. The maximum atomic E-state index is 13.0. The van der Waals surface area contributed by atoms with Crippen LogP contribution in [0.2, 0.25) is 36.3 Å². The van der Waals surface area contributed by atoms with Crippen LogP contribution in [-0.2, 0) is 9.22 Å². The van der Waals surface area contributed by atoms with Crippen LogP contribution in [0.1, 0.15) is 61.8 Å². The summed E-state index contributed by atoms with van der Waals surface area (Å²) in [6.07, 6.45) is 0.971. The van der Waals surface area contributed by atoms with Gasteiger partial charge in [0.1, 0.15) is 14.3 Å². The number of rotatable bonds is 6. The molecule has 0 unspecified atom stereocenters. The summed E-state index contributed by atoms with van der Waals surface area (Å²) >= 11 is 0. The van der Waals surface area contributed by atoms with E-state index in [-0.39, 0.29) is 28.0 Å². The van der Waals surface area contributed by atoms with Gasteiger partial charge in [0.2, 0.25) is 0 Å². The zero-order chi connectivity index (χ0) is 18.9. The molecule has 0 aliphatic heterocycles. The lowest BCUT2D eigenvalue weighted by Gasteiger charge is -2.43. The molecule has 0 aliphatic rings. The maximum Gasteiger partial charge on any atom is 0.309 e. The van der Waals surface area contributed by atoms with E-state index in [1.165, 1.54) is 0 Å². The van der Waals surface area contributed by atoms with Crippen LogP contribution in [0.15, 0.2) is 0 Å². The van der Waals surface area contributed by atoms with Gasteiger partial charge >= 0.3 is 5.97 Å². The molecular formula is C18H41NO2Si2. The topological polar surface area (TPSA) is 38.3 Å². The van der Waals surface area contributed by atoms with Crippen LogP contribution < -0.4 is 4.98 Å². The Hall–Kier alpha value is -0.136. The minimum absolute atomic E-state index is 0.0413. The van der Waals surface area contributed by atoms with Crippen molar-refractivity contribution in [2.24, 2.45) is 5.92 Å². The lowest BCUT2D eigenvalue weighted by molar-refractivity contribution is -0.138. The highest BCUT2D eigenvalue weighted by atomic mass is 28.4. The second-order valence-electron chi connectivity index (χ2n) is 10.1. The minimum atomic E-state index is -2.08. The van der Waals surface area contributed by atoms with Gasteiger partial charge in [0.25, 0.3) is 8.32 Å². The molecule has 2 atom stereocenters. The van der Waals surface area contributed by atoms with E-state index in [0.717, 1.165) is 6.42 Å². The normalized spacial score (nSPS) is 16.9. The van der Waals surface area contributed by atoms with Crippen molar-refractivity contribution in [3.05, 3.63) is 0 Å². The molecule has 1 N–H and O–H groups in total. The highest BCUT2D eigenvalue weighted by molar-refractivity contribution is 6.78. The number of carbonyl (C=O) groups excluding carboxylic acids is 1. The van der Waals surface area contributed by atoms with Gasteiger partial charge in [0, 0.05) is 0 Å². The standard InChI is InChI=1S/C18H41NO2Si2/c1-13-14(2)15(19-22(9,10)17(3,4)5)16(20)21-23(11,12)18(6,7)8/h14-15,19H,13H2,1-12H3/t14-,15-/m0/s1. The van der Waals surface area contributed by atoms with Crippen LogP contribution in [0.25, 0.3) is 0 Å². The number of hydrogen-bond acceptors (Lipinski definition) is 3. The van der Waals surface area contributed by atoms with Crippen molar-refractivity contribution in [1.82, 2.24) is 4.98 Å². The lowest BCUT2D eigenvalue weighted by Crippen LogP contribution is -2.61. The highest BCUT2D eigenvalue weighted by Crippen LogP contribution is 2.38. The summed E-state index contributed by atoms with van der Waals surface area (Å²) in [5.74, 6) is 0.233. The van der Waals surface area contributed by atoms with Crippen molar-refractivity contribution in [3.8, 4) is 0 Å². The van der Waals surface area contributed by atoms with E-state index in [9.17, 15) is 4.79 Å². The number of hydrogen-bond donors (Lipinski definition) is 1. The summed E-state index contributed by atoms with van der Waals surface area (Å²) in [6.45, 7) is 26.5. The molecule has 0 spiro atoms. The molecule has 5 heteroatoms. The Morgan fingerprint density at radius 2 is 1.43 bits per heavy atom. The molecule has 0 saturated carbocycles. The first-order valence-electron chi connectivity index (χ1n) is 8.97. The fourth-order valence-corrected chi connectivity index (χ4v) is 4.29. The Kier molecular flexibility index (Phi) is 7.36. The fraction of sp³-hybridized carbons (Fsp3) is 0.944. The molecule has 0 aromatic heterocycles. The van der Waals surface area contributed by atoms with Gasteiger partial charge in [0.15, 0.2) is 0 Å². The summed E-state index contributed by atoms with van der Waals surface area (Å²) < 4.78 is 6.11. The molecule has 23 heavy (non-hydrogen) atoms. The van der Waals surface area contributed by atoms with Gasteiger partial charge in [0.05, 0.1) is 0 Å². The molecule has 0 bridgehead atoms. The first-order valence-corrected chi connectivity index (χ1v) is 14.9. The van der Waals surface area contributed by atoms with E-state index in [2.05, 4.69) is 86.6 Å². The third-order valence-electron chi connectivity index (χ3n) is 6.02. The molecular weight excluding hydrogens is 318 g/mol. The van der Waals surface area contributed by atoms with Crippen molar-refractivity contribution in [3.63, 3.8) is 0 Å². The average Bonchev–Trinajstić information content (AvgIpc) is 2.31. The van der Waals surface area contributed by atoms with E-state index in [1.807, 2.05) is 0 Å². The molecule has 0 aromatic rings. The molecule has 0 saturated heterocycles. The van der Waals surface area contributed by atoms with E-state index < -0.39 is 16.6 Å². The zero-order valence-electron chi connectivity index (χ0n) is 17.7. The third kappa shape index (κ3) is 6.02. The lowest BCUT2D eigenvalue weighted by atomic mass is 10.0. The fourth-order valence-electron chi connectivity index (χ4n) is 1.74. The first kappa shape index (κ1) is 22.9. The van der Waals surface area contributed by atoms with Gasteiger partial charge in [-0.25, -0.2) is 0 Å². The van der Waals surface area contributed by atoms with Gasteiger partial charge in [-0.05, 0) is 29.1 Å². The SMILES string of the molecule is CC[C@H](C)[C@H](N[Si](C)(C)C(C)(C)C)C(=O)O[Si](C)(C)C(C)(C)C. The molecule has 138 valence electrons.